The summed E-state index contributed by atoms with van der Waals surface area (Å²) in [4.78, 5) is 15.3. The molecule has 1 saturated carbocycles. The largest absolute Gasteiger partial charge is 0.350 e. The lowest BCUT2D eigenvalue weighted by Crippen LogP contribution is -2.52. The van der Waals surface area contributed by atoms with E-state index in [1.165, 1.54) is 25.7 Å². The molecule has 0 bridgehead atoms. The van der Waals surface area contributed by atoms with Gasteiger partial charge in [-0.2, -0.15) is 4.31 Å². The molecule has 7 heteroatoms. The van der Waals surface area contributed by atoms with Crippen LogP contribution in [0.1, 0.15) is 68.6 Å². The summed E-state index contributed by atoms with van der Waals surface area (Å²) in [6.07, 6.45) is 8.87. The molecule has 3 rings (SSSR count). The van der Waals surface area contributed by atoms with Crippen LogP contribution in [0.2, 0.25) is 0 Å². The van der Waals surface area contributed by atoms with Crippen molar-refractivity contribution in [1.82, 2.24) is 14.5 Å². The van der Waals surface area contributed by atoms with E-state index in [4.69, 9.17) is 0 Å². The summed E-state index contributed by atoms with van der Waals surface area (Å²) in [5.41, 5.74) is 0.504. The van der Waals surface area contributed by atoms with E-state index in [1.807, 2.05) is 0 Å². The van der Waals surface area contributed by atoms with Crippen LogP contribution in [0.25, 0.3) is 0 Å². The first-order valence-electron chi connectivity index (χ1n) is 11.3. The maximum atomic E-state index is 12.9. The first kappa shape index (κ1) is 23.2. The molecule has 2 fully saturated rings. The molecule has 1 N–H and O–H groups in total. The van der Waals surface area contributed by atoms with Crippen LogP contribution < -0.4 is 5.32 Å². The highest BCUT2D eigenvalue weighted by Gasteiger charge is 2.33. The molecule has 6 nitrogen and oxygen atoms in total. The highest BCUT2D eigenvalue weighted by atomic mass is 32.2. The summed E-state index contributed by atoms with van der Waals surface area (Å²) >= 11 is 0. The molecule has 1 saturated heterocycles. The van der Waals surface area contributed by atoms with Crippen molar-refractivity contribution in [3.63, 3.8) is 0 Å². The van der Waals surface area contributed by atoms with Gasteiger partial charge < -0.3 is 10.2 Å². The number of amides is 1. The van der Waals surface area contributed by atoms with Crippen molar-refractivity contribution in [2.24, 2.45) is 5.92 Å². The lowest BCUT2D eigenvalue weighted by atomic mass is 9.88. The van der Waals surface area contributed by atoms with Crippen LogP contribution in [0.5, 0.6) is 0 Å². The van der Waals surface area contributed by atoms with Gasteiger partial charge in [0, 0.05) is 30.7 Å². The Bertz CT molecular complexity index is 805. The van der Waals surface area contributed by atoms with Gasteiger partial charge in [0.2, 0.25) is 10.0 Å². The molecule has 30 heavy (non-hydrogen) atoms. The Hall–Kier alpha value is -1.44. The van der Waals surface area contributed by atoms with Gasteiger partial charge in [-0.05, 0) is 70.0 Å². The zero-order chi connectivity index (χ0) is 21.8. The molecular formula is C23H37N3O3S. The van der Waals surface area contributed by atoms with E-state index in [-0.39, 0.29) is 16.3 Å². The van der Waals surface area contributed by atoms with Crippen molar-refractivity contribution >= 4 is 15.9 Å². The average Bonchev–Trinajstić information content (AvgIpc) is 2.99. The van der Waals surface area contributed by atoms with Crippen LogP contribution >= 0.6 is 0 Å². The number of nitrogens with one attached hydrogen (secondary N) is 1. The van der Waals surface area contributed by atoms with Gasteiger partial charge in [0.15, 0.2) is 0 Å². The topological polar surface area (TPSA) is 69.7 Å². The predicted molar refractivity (Wildman–Crippen MR) is 120 cm³/mol. The number of benzene rings is 1. The molecule has 2 aliphatic rings. The van der Waals surface area contributed by atoms with Crippen molar-refractivity contribution in [1.29, 1.82) is 0 Å². The van der Waals surface area contributed by atoms with Gasteiger partial charge in [-0.15, -0.1) is 0 Å². The minimum atomic E-state index is -3.49. The van der Waals surface area contributed by atoms with Crippen molar-refractivity contribution in [2.75, 3.05) is 33.7 Å². The Morgan fingerprint density at radius 2 is 1.63 bits per heavy atom. The second kappa shape index (κ2) is 9.79. The molecule has 1 aliphatic heterocycles. The summed E-state index contributed by atoms with van der Waals surface area (Å²) in [5.74, 6) is 0.428. The number of likely N-dealkylation sites (N-methyl/N-ethyl adjacent to an activating group) is 1. The number of carbonyl (C=O) groups excluding carboxylic acids is 1. The van der Waals surface area contributed by atoms with Crippen molar-refractivity contribution in [2.45, 2.75) is 68.7 Å². The van der Waals surface area contributed by atoms with Crippen molar-refractivity contribution in [3.8, 4) is 0 Å². The maximum Gasteiger partial charge on any atom is 0.251 e. The summed E-state index contributed by atoms with van der Waals surface area (Å²) < 4.78 is 27.3. The minimum Gasteiger partial charge on any atom is -0.350 e. The monoisotopic (exact) mass is 435 g/mol. The number of piperidine rings is 1. The predicted octanol–water partition coefficient (Wildman–Crippen LogP) is 3.49. The second-order valence-electron chi connectivity index (χ2n) is 9.33. The van der Waals surface area contributed by atoms with Gasteiger partial charge in [-0.1, -0.05) is 32.6 Å². The molecule has 1 heterocycles. The Balaban J connectivity index is 1.64. The second-order valence-corrected chi connectivity index (χ2v) is 11.3. The SMILES string of the molecule is CC1CCN(S(=O)(=O)c2ccc(C(=O)NCC3(N(C)C)CCCCCC3)cc2)CC1. The molecule has 0 atom stereocenters. The fourth-order valence-corrected chi connectivity index (χ4v) is 6.14. The Labute approximate surface area is 182 Å². The van der Waals surface area contributed by atoms with Gasteiger partial charge in [-0.25, -0.2) is 8.42 Å². The quantitative estimate of drug-likeness (QED) is 0.695. The zero-order valence-electron chi connectivity index (χ0n) is 18.7. The lowest BCUT2D eigenvalue weighted by Gasteiger charge is -2.39. The van der Waals surface area contributed by atoms with Gasteiger partial charge >= 0.3 is 0 Å². The van der Waals surface area contributed by atoms with Crippen LogP contribution in [0, 0.1) is 5.92 Å². The van der Waals surface area contributed by atoms with Crippen LogP contribution in [-0.4, -0.2) is 62.8 Å². The molecule has 1 aromatic carbocycles. The molecule has 0 unspecified atom stereocenters. The number of hydrogen-bond acceptors (Lipinski definition) is 4. The highest BCUT2D eigenvalue weighted by Crippen LogP contribution is 2.30. The third kappa shape index (κ3) is 5.24. The third-order valence-corrected chi connectivity index (χ3v) is 8.97. The normalized spacial score (nSPS) is 21.3. The van der Waals surface area contributed by atoms with Gasteiger partial charge in [0.25, 0.3) is 5.91 Å². The van der Waals surface area contributed by atoms with Gasteiger partial charge in [-0.3, -0.25) is 4.79 Å². The Morgan fingerprint density at radius 1 is 1.07 bits per heavy atom. The number of hydrogen-bond donors (Lipinski definition) is 1. The van der Waals surface area contributed by atoms with Gasteiger partial charge in [0.1, 0.15) is 0 Å². The molecule has 1 aliphatic carbocycles. The number of nitrogens with zero attached hydrogens (tertiary/aromatic N) is 2. The Morgan fingerprint density at radius 3 is 2.17 bits per heavy atom. The Kier molecular flexibility index (Phi) is 7.58. The first-order chi connectivity index (χ1) is 14.2. The zero-order valence-corrected chi connectivity index (χ0v) is 19.5. The van der Waals surface area contributed by atoms with E-state index in [0.717, 1.165) is 25.7 Å². The van der Waals surface area contributed by atoms with Crippen molar-refractivity contribution < 1.29 is 13.2 Å². The molecule has 1 amide bonds. The standard InChI is InChI=1S/C23H37N3O3S/c1-19-12-16-26(17-13-19)30(28,29)21-10-8-20(9-11-21)22(27)24-18-23(25(2)3)14-6-4-5-7-15-23/h8-11,19H,4-7,12-18H2,1-3H3,(H,24,27). The molecule has 0 aromatic heterocycles. The number of rotatable bonds is 6. The summed E-state index contributed by atoms with van der Waals surface area (Å²) in [6.45, 7) is 3.91. The first-order valence-corrected chi connectivity index (χ1v) is 12.7. The lowest BCUT2D eigenvalue weighted by molar-refractivity contribution is 0.0869. The van der Waals surface area contributed by atoms with E-state index in [1.54, 1.807) is 28.6 Å². The molecule has 1 aromatic rings. The van der Waals surface area contributed by atoms with Crippen LogP contribution in [0.15, 0.2) is 29.2 Å². The van der Waals surface area contributed by atoms with E-state index < -0.39 is 10.0 Å². The number of sulfonamides is 1. The molecular weight excluding hydrogens is 398 g/mol. The van der Waals surface area contributed by atoms with Crippen LogP contribution in [0.4, 0.5) is 0 Å². The minimum absolute atomic E-state index is 0.000832. The van der Waals surface area contributed by atoms with E-state index in [0.29, 0.717) is 31.1 Å². The van der Waals surface area contributed by atoms with Crippen molar-refractivity contribution in [3.05, 3.63) is 29.8 Å². The summed E-state index contributed by atoms with van der Waals surface area (Å²) in [6, 6.07) is 6.39. The molecule has 0 spiro atoms. The summed E-state index contributed by atoms with van der Waals surface area (Å²) in [7, 11) is 0.704. The number of carbonyl (C=O) groups is 1. The van der Waals surface area contributed by atoms with Crippen LogP contribution in [-0.2, 0) is 10.0 Å². The fourth-order valence-electron chi connectivity index (χ4n) is 4.67. The third-order valence-electron chi connectivity index (χ3n) is 7.06. The average molecular weight is 436 g/mol. The smallest absolute Gasteiger partial charge is 0.251 e. The molecule has 168 valence electrons. The van der Waals surface area contributed by atoms with E-state index in [9.17, 15) is 13.2 Å². The van der Waals surface area contributed by atoms with Crippen LogP contribution in [0.3, 0.4) is 0 Å². The molecule has 0 radical (unpaired) electrons. The van der Waals surface area contributed by atoms with Gasteiger partial charge in [0.05, 0.1) is 4.90 Å². The van der Waals surface area contributed by atoms with E-state index in [2.05, 4.69) is 31.2 Å². The fraction of sp³-hybridized carbons (Fsp3) is 0.696. The highest BCUT2D eigenvalue weighted by molar-refractivity contribution is 7.89. The summed E-state index contributed by atoms with van der Waals surface area (Å²) in [5, 5.41) is 3.10. The van der Waals surface area contributed by atoms with E-state index >= 15 is 0 Å². The maximum absolute atomic E-state index is 12.9.